The molecule has 68 valence electrons. The molecular weight excluding hydrogens is 160 g/mol. The molecule has 0 saturated heterocycles. The fourth-order valence-electron chi connectivity index (χ4n) is 1.68. The first-order chi connectivity index (χ1) is 6.26. The van der Waals surface area contributed by atoms with Crippen LogP contribution >= 0.6 is 0 Å². The topological polar surface area (TPSA) is 28.7 Å². The number of aromatic nitrogens is 2. The molecule has 0 aromatic carbocycles. The molecular formula is C11H14N2. The SMILES string of the molecule is CCC1(C)C=CC=Cc2cn[nH]c21. The molecule has 1 atom stereocenters. The number of nitrogens with one attached hydrogen (secondary N) is 1. The van der Waals surface area contributed by atoms with Gasteiger partial charge in [0.05, 0.1) is 11.9 Å². The number of fused-ring (bicyclic) bond motifs is 1. The van der Waals surface area contributed by atoms with Crippen LogP contribution in [0.15, 0.2) is 24.4 Å². The van der Waals surface area contributed by atoms with Crippen molar-refractivity contribution >= 4 is 6.08 Å². The maximum Gasteiger partial charge on any atom is 0.0563 e. The van der Waals surface area contributed by atoms with E-state index in [9.17, 15) is 0 Å². The van der Waals surface area contributed by atoms with E-state index in [1.165, 1.54) is 11.3 Å². The van der Waals surface area contributed by atoms with E-state index in [2.05, 4.69) is 48.3 Å². The highest BCUT2D eigenvalue weighted by molar-refractivity contribution is 5.57. The largest absolute Gasteiger partial charge is 0.281 e. The van der Waals surface area contributed by atoms with Crippen LogP contribution in [0.2, 0.25) is 0 Å². The Morgan fingerprint density at radius 2 is 2.31 bits per heavy atom. The van der Waals surface area contributed by atoms with Crippen LogP contribution < -0.4 is 0 Å². The quantitative estimate of drug-likeness (QED) is 0.696. The average Bonchev–Trinajstić information content (AvgIpc) is 2.55. The van der Waals surface area contributed by atoms with E-state index in [1.54, 1.807) is 0 Å². The normalized spacial score (nSPS) is 25.7. The zero-order chi connectivity index (χ0) is 9.31. The fraction of sp³-hybridized carbons (Fsp3) is 0.364. The van der Waals surface area contributed by atoms with Gasteiger partial charge in [-0.2, -0.15) is 5.10 Å². The molecule has 2 heteroatoms. The van der Waals surface area contributed by atoms with E-state index < -0.39 is 0 Å². The summed E-state index contributed by atoms with van der Waals surface area (Å²) in [5, 5.41) is 7.17. The third-order valence-electron chi connectivity index (χ3n) is 2.83. The van der Waals surface area contributed by atoms with Gasteiger partial charge in [-0.25, -0.2) is 0 Å². The molecule has 1 aromatic rings. The minimum absolute atomic E-state index is 0.106. The van der Waals surface area contributed by atoms with Crippen LogP contribution in [0, 0.1) is 0 Å². The molecule has 1 N–H and O–H groups in total. The van der Waals surface area contributed by atoms with Crippen LogP contribution in [0.1, 0.15) is 31.5 Å². The smallest absolute Gasteiger partial charge is 0.0563 e. The summed E-state index contributed by atoms with van der Waals surface area (Å²) in [4.78, 5) is 0. The summed E-state index contributed by atoms with van der Waals surface area (Å²) in [6.07, 6.45) is 11.5. The Bertz CT molecular complexity index is 360. The molecule has 0 amide bonds. The number of hydrogen-bond acceptors (Lipinski definition) is 1. The summed E-state index contributed by atoms with van der Waals surface area (Å²) >= 11 is 0. The lowest BCUT2D eigenvalue weighted by atomic mass is 9.82. The fourth-order valence-corrected chi connectivity index (χ4v) is 1.68. The molecule has 2 rings (SSSR count). The van der Waals surface area contributed by atoms with Gasteiger partial charge >= 0.3 is 0 Å². The van der Waals surface area contributed by atoms with Gasteiger partial charge in [0.25, 0.3) is 0 Å². The zero-order valence-electron chi connectivity index (χ0n) is 8.04. The summed E-state index contributed by atoms with van der Waals surface area (Å²) in [6.45, 7) is 4.42. The molecule has 2 nitrogen and oxygen atoms in total. The third-order valence-corrected chi connectivity index (χ3v) is 2.83. The van der Waals surface area contributed by atoms with Crippen molar-refractivity contribution in [2.45, 2.75) is 25.7 Å². The van der Waals surface area contributed by atoms with E-state index in [4.69, 9.17) is 0 Å². The van der Waals surface area contributed by atoms with Gasteiger partial charge in [0.15, 0.2) is 0 Å². The van der Waals surface area contributed by atoms with Gasteiger partial charge in [-0.3, -0.25) is 5.10 Å². The number of rotatable bonds is 1. The standard InChI is InChI=1S/C11H14N2/c1-3-11(2)7-5-4-6-9-8-12-13-10(9)11/h4-8H,3H2,1-2H3,(H,12,13). The van der Waals surface area contributed by atoms with Crippen molar-refractivity contribution in [3.63, 3.8) is 0 Å². The predicted octanol–water partition coefficient (Wildman–Crippen LogP) is 2.66. The Labute approximate surface area is 78.4 Å². The number of H-pyrrole nitrogens is 1. The molecule has 13 heavy (non-hydrogen) atoms. The molecule has 1 aliphatic carbocycles. The second-order valence-electron chi connectivity index (χ2n) is 3.69. The molecule has 1 aromatic heterocycles. The van der Waals surface area contributed by atoms with E-state index in [0.717, 1.165) is 6.42 Å². The van der Waals surface area contributed by atoms with Gasteiger partial charge in [-0.05, 0) is 6.42 Å². The van der Waals surface area contributed by atoms with Crippen molar-refractivity contribution in [1.29, 1.82) is 0 Å². The summed E-state index contributed by atoms with van der Waals surface area (Å²) < 4.78 is 0. The van der Waals surface area contributed by atoms with Gasteiger partial charge in [0.2, 0.25) is 0 Å². The second kappa shape index (κ2) is 2.87. The van der Waals surface area contributed by atoms with Gasteiger partial charge in [0, 0.05) is 11.0 Å². The highest BCUT2D eigenvalue weighted by atomic mass is 15.1. The van der Waals surface area contributed by atoms with Crippen molar-refractivity contribution in [2.75, 3.05) is 0 Å². The highest BCUT2D eigenvalue weighted by Crippen LogP contribution is 2.32. The Balaban J connectivity index is 2.57. The van der Waals surface area contributed by atoms with Crippen LogP contribution in [0.25, 0.3) is 6.08 Å². The highest BCUT2D eigenvalue weighted by Gasteiger charge is 2.26. The first-order valence-electron chi connectivity index (χ1n) is 4.66. The lowest BCUT2D eigenvalue weighted by molar-refractivity contribution is 0.552. The Hall–Kier alpha value is -1.31. The van der Waals surface area contributed by atoms with Gasteiger partial charge in [-0.15, -0.1) is 0 Å². The lowest BCUT2D eigenvalue weighted by Gasteiger charge is -2.22. The molecule has 1 aliphatic rings. The van der Waals surface area contributed by atoms with Crippen molar-refractivity contribution in [3.8, 4) is 0 Å². The number of nitrogens with zero attached hydrogens (tertiary/aromatic N) is 1. The molecule has 0 aliphatic heterocycles. The van der Waals surface area contributed by atoms with Crippen molar-refractivity contribution < 1.29 is 0 Å². The number of aromatic amines is 1. The Morgan fingerprint density at radius 1 is 1.46 bits per heavy atom. The van der Waals surface area contributed by atoms with Crippen LogP contribution in [0.4, 0.5) is 0 Å². The second-order valence-corrected chi connectivity index (χ2v) is 3.69. The lowest BCUT2D eigenvalue weighted by Crippen LogP contribution is -2.18. The van der Waals surface area contributed by atoms with Gasteiger partial charge in [0.1, 0.15) is 0 Å². The first kappa shape index (κ1) is 8.30. The summed E-state index contributed by atoms with van der Waals surface area (Å²) in [7, 11) is 0. The van der Waals surface area contributed by atoms with Crippen molar-refractivity contribution in [1.82, 2.24) is 10.2 Å². The van der Waals surface area contributed by atoms with Crippen LogP contribution in [0.5, 0.6) is 0 Å². The molecule has 0 radical (unpaired) electrons. The van der Waals surface area contributed by atoms with E-state index >= 15 is 0 Å². The van der Waals surface area contributed by atoms with Crippen LogP contribution in [0.3, 0.4) is 0 Å². The molecule has 1 heterocycles. The zero-order valence-corrected chi connectivity index (χ0v) is 8.04. The minimum Gasteiger partial charge on any atom is -0.281 e. The summed E-state index contributed by atoms with van der Waals surface area (Å²) in [5.74, 6) is 0. The van der Waals surface area contributed by atoms with E-state index in [1.807, 2.05) is 6.20 Å². The summed E-state index contributed by atoms with van der Waals surface area (Å²) in [5.41, 5.74) is 2.53. The maximum atomic E-state index is 4.08. The van der Waals surface area contributed by atoms with Crippen molar-refractivity contribution in [3.05, 3.63) is 35.7 Å². The van der Waals surface area contributed by atoms with Gasteiger partial charge < -0.3 is 0 Å². The molecule has 0 saturated carbocycles. The Morgan fingerprint density at radius 3 is 3.08 bits per heavy atom. The third kappa shape index (κ3) is 1.22. The number of allylic oxidation sites excluding steroid dienone is 3. The molecule has 1 unspecified atom stereocenters. The van der Waals surface area contributed by atoms with Gasteiger partial charge in [-0.1, -0.05) is 38.2 Å². The number of hydrogen-bond donors (Lipinski definition) is 1. The first-order valence-corrected chi connectivity index (χ1v) is 4.66. The van der Waals surface area contributed by atoms with E-state index in [0.29, 0.717) is 0 Å². The molecule has 0 fully saturated rings. The predicted molar refractivity (Wildman–Crippen MR) is 54.4 cm³/mol. The molecule has 0 spiro atoms. The Kier molecular flexibility index (Phi) is 1.83. The minimum atomic E-state index is 0.106. The van der Waals surface area contributed by atoms with Crippen molar-refractivity contribution in [2.24, 2.45) is 0 Å². The van der Waals surface area contributed by atoms with Crippen LogP contribution in [-0.4, -0.2) is 10.2 Å². The monoisotopic (exact) mass is 174 g/mol. The average molecular weight is 174 g/mol. The maximum absolute atomic E-state index is 4.08. The van der Waals surface area contributed by atoms with Crippen LogP contribution in [-0.2, 0) is 5.41 Å². The molecule has 0 bridgehead atoms. The van der Waals surface area contributed by atoms with E-state index in [-0.39, 0.29) is 5.41 Å². The summed E-state index contributed by atoms with van der Waals surface area (Å²) in [6, 6.07) is 0.